The third-order valence-corrected chi connectivity index (χ3v) is 6.55. The second kappa shape index (κ2) is 8.00. The normalized spacial score (nSPS) is 17.3. The Morgan fingerprint density at radius 1 is 1.42 bits per heavy atom. The molecule has 1 atom stereocenters. The fourth-order valence-electron chi connectivity index (χ4n) is 2.89. The largest absolute Gasteiger partial charge is 0.376 e. The summed E-state index contributed by atoms with van der Waals surface area (Å²) in [6.07, 6.45) is 5.59. The molecule has 7 heteroatoms. The summed E-state index contributed by atoms with van der Waals surface area (Å²) in [5.74, 6) is -0.0629. The highest BCUT2D eigenvalue weighted by atomic mass is 79.9. The predicted molar refractivity (Wildman–Crippen MR) is 112 cm³/mol. The molecule has 3 heterocycles. The summed E-state index contributed by atoms with van der Waals surface area (Å²) in [6, 6.07) is 9.94. The lowest BCUT2D eigenvalue weighted by atomic mass is 10.2. The van der Waals surface area contributed by atoms with Crippen LogP contribution in [0, 0.1) is 0 Å². The van der Waals surface area contributed by atoms with Crippen molar-refractivity contribution in [3.8, 4) is 0 Å². The van der Waals surface area contributed by atoms with Crippen LogP contribution in [0.25, 0.3) is 16.3 Å². The van der Waals surface area contributed by atoms with Gasteiger partial charge >= 0.3 is 0 Å². The molecule has 4 nitrogen and oxygen atoms in total. The van der Waals surface area contributed by atoms with Gasteiger partial charge in [-0.1, -0.05) is 33.3 Å². The summed E-state index contributed by atoms with van der Waals surface area (Å²) in [6.45, 7) is 1.30. The third-order valence-electron chi connectivity index (χ3n) is 4.18. The number of carbonyl (C=O) groups is 1. The van der Waals surface area contributed by atoms with Crippen molar-refractivity contribution < 1.29 is 9.53 Å². The molecule has 3 aromatic rings. The fraction of sp³-hybridized carbons (Fsp3) is 0.263. The molecule has 1 aromatic carbocycles. The topological polar surface area (TPSA) is 42.4 Å². The van der Waals surface area contributed by atoms with Gasteiger partial charge in [0.15, 0.2) is 5.13 Å². The van der Waals surface area contributed by atoms with Gasteiger partial charge in [0.05, 0.1) is 22.9 Å². The molecule has 4 rings (SSSR count). The monoisotopic (exact) mass is 448 g/mol. The highest BCUT2D eigenvalue weighted by Crippen LogP contribution is 2.32. The van der Waals surface area contributed by atoms with Gasteiger partial charge in [-0.15, -0.1) is 11.3 Å². The van der Waals surface area contributed by atoms with Gasteiger partial charge in [-0.3, -0.25) is 9.69 Å². The van der Waals surface area contributed by atoms with Crippen molar-refractivity contribution in [2.24, 2.45) is 0 Å². The lowest BCUT2D eigenvalue weighted by Crippen LogP contribution is -2.36. The molecule has 0 saturated carbocycles. The van der Waals surface area contributed by atoms with Crippen molar-refractivity contribution in [2.75, 3.05) is 18.1 Å². The number of carbonyl (C=O) groups excluding carboxylic acids is 1. The van der Waals surface area contributed by atoms with Gasteiger partial charge in [-0.05, 0) is 48.6 Å². The number of rotatable bonds is 5. The van der Waals surface area contributed by atoms with Crippen LogP contribution in [0.1, 0.15) is 17.7 Å². The zero-order chi connectivity index (χ0) is 17.9. The Morgan fingerprint density at radius 2 is 2.35 bits per heavy atom. The number of hydrogen-bond acceptors (Lipinski definition) is 5. The van der Waals surface area contributed by atoms with Crippen molar-refractivity contribution in [1.82, 2.24) is 4.98 Å². The predicted octanol–water partition coefficient (Wildman–Crippen LogP) is 5.35. The summed E-state index contributed by atoms with van der Waals surface area (Å²) in [5, 5.41) is 2.72. The Kier molecular flexibility index (Phi) is 5.49. The first-order valence-corrected chi connectivity index (χ1v) is 10.9. The molecule has 1 unspecified atom stereocenters. The summed E-state index contributed by atoms with van der Waals surface area (Å²) < 4.78 is 7.82. The van der Waals surface area contributed by atoms with Gasteiger partial charge in [0.25, 0.3) is 5.91 Å². The fourth-order valence-corrected chi connectivity index (χ4v) is 5.04. The van der Waals surface area contributed by atoms with Gasteiger partial charge in [-0.25, -0.2) is 4.98 Å². The summed E-state index contributed by atoms with van der Waals surface area (Å²) >= 11 is 6.64. The van der Waals surface area contributed by atoms with Gasteiger partial charge in [0, 0.05) is 22.0 Å². The number of aromatic nitrogens is 1. The molecule has 2 aromatic heterocycles. The minimum Gasteiger partial charge on any atom is -0.376 e. The van der Waals surface area contributed by atoms with Crippen LogP contribution in [0.5, 0.6) is 0 Å². The van der Waals surface area contributed by atoms with Gasteiger partial charge in [0.1, 0.15) is 0 Å². The van der Waals surface area contributed by atoms with Crippen LogP contribution in [-0.2, 0) is 9.53 Å². The summed E-state index contributed by atoms with van der Waals surface area (Å²) in [7, 11) is 0. The smallest absolute Gasteiger partial charge is 0.252 e. The first-order chi connectivity index (χ1) is 12.7. The zero-order valence-corrected chi connectivity index (χ0v) is 17.1. The van der Waals surface area contributed by atoms with Crippen LogP contribution >= 0.6 is 38.6 Å². The Morgan fingerprint density at radius 3 is 3.12 bits per heavy atom. The van der Waals surface area contributed by atoms with Crippen molar-refractivity contribution >= 4 is 65.9 Å². The lowest BCUT2D eigenvalue weighted by molar-refractivity contribution is -0.114. The summed E-state index contributed by atoms with van der Waals surface area (Å²) in [5.41, 5.74) is 0.903. The van der Waals surface area contributed by atoms with Crippen LogP contribution in [0.2, 0.25) is 0 Å². The number of anilines is 1. The number of fused-ring (bicyclic) bond motifs is 1. The Labute approximate surface area is 168 Å². The minimum atomic E-state index is -0.0629. The van der Waals surface area contributed by atoms with E-state index in [1.54, 1.807) is 22.3 Å². The SMILES string of the molecule is O=C(/C=C/c1cccs1)N(CC1CCCO1)c1nc2ccc(Br)cc2s1. The van der Waals surface area contributed by atoms with E-state index in [1.165, 1.54) is 11.3 Å². The molecule has 0 aliphatic carbocycles. The second-order valence-corrected chi connectivity index (χ2v) is 8.95. The van der Waals surface area contributed by atoms with E-state index in [0.29, 0.717) is 6.54 Å². The number of benzene rings is 1. The first kappa shape index (κ1) is 17.9. The number of nitrogens with zero attached hydrogens (tertiary/aromatic N) is 2. The Bertz CT molecular complexity index is 930. The maximum Gasteiger partial charge on any atom is 0.252 e. The first-order valence-electron chi connectivity index (χ1n) is 8.40. The highest BCUT2D eigenvalue weighted by molar-refractivity contribution is 9.10. The number of amides is 1. The van der Waals surface area contributed by atoms with Crippen molar-refractivity contribution in [2.45, 2.75) is 18.9 Å². The molecule has 1 fully saturated rings. The Hall–Kier alpha value is -1.54. The molecule has 0 N–H and O–H groups in total. The molecule has 1 amide bonds. The molecule has 0 bridgehead atoms. The van der Waals surface area contributed by atoms with Crippen LogP contribution in [-0.4, -0.2) is 30.1 Å². The molecule has 134 valence electrons. The molecule has 1 aliphatic heterocycles. The van der Waals surface area contributed by atoms with Crippen LogP contribution in [0.15, 0.2) is 46.3 Å². The molecule has 0 radical (unpaired) electrons. The van der Waals surface area contributed by atoms with Gasteiger partial charge < -0.3 is 4.74 Å². The minimum absolute atomic E-state index is 0.0629. The van der Waals surface area contributed by atoms with E-state index in [9.17, 15) is 4.79 Å². The van der Waals surface area contributed by atoms with Crippen LogP contribution in [0.4, 0.5) is 5.13 Å². The number of ether oxygens (including phenoxy) is 1. The molecule has 26 heavy (non-hydrogen) atoms. The molecule has 0 spiro atoms. The lowest BCUT2D eigenvalue weighted by Gasteiger charge is -2.21. The van der Waals surface area contributed by atoms with Gasteiger partial charge in [-0.2, -0.15) is 0 Å². The van der Waals surface area contributed by atoms with E-state index in [-0.39, 0.29) is 12.0 Å². The summed E-state index contributed by atoms with van der Waals surface area (Å²) in [4.78, 5) is 20.4. The van der Waals surface area contributed by atoms with E-state index >= 15 is 0 Å². The van der Waals surface area contributed by atoms with Crippen molar-refractivity contribution in [3.63, 3.8) is 0 Å². The van der Waals surface area contributed by atoms with Crippen molar-refractivity contribution in [3.05, 3.63) is 51.1 Å². The maximum absolute atomic E-state index is 12.9. The average Bonchev–Trinajstić information content (AvgIpc) is 3.38. The van der Waals surface area contributed by atoms with E-state index in [1.807, 2.05) is 41.8 Å². The number of thiophene rings is 1. The standard InChI is InChI=1S/C19H17BrN2O2S2/c20-13-5-7-16-17(11-13)26-19(21-16)22(12-14-3-1-9-24-14)18(23)8-6-15-4-2-10-25-15/h2,4-8,10-11,14H,1,3,9,12H2/b8-6+. The highest BCUT2D eigenvalue weighted by Gasteiger charge is 2.25. The second-order valence-electron chi connectivity index (χ2n) is 6.04. The molecule has 1 aliphatic rings. The zero-order valence-electron chi connectivity index (χ0n) is 13.9. The van der Waals surface area contributed by atoms with E-state index < -0.39 is 0 Å². The number of hydrogen-bond donors (Lipinski definition) is 0. The van der Waals surface area contributed by atoms with Crippen molar-refractivity contribution in [1.29, 1.82) is 0 Å². The molecular weight excluding hydrogens is 432 g/mol. The number of halogens is 1. The van der Waals surface area contributed by atoms with E-state index in [0.717, 1.165) is 44.1 Å². The molecular formula is C19H17BrN2O2S2. The quantitative estimate of drug-likeness (QED) is 0.494. The molecule has 1 saturated heterocycles. The maximum atomic E-state index is 12.9. The number of thiazole rings is 1. The van der Waals surface area contributed by atoms with E-state index in [2.05, 4.69) is 20.9 Å². The average molecular weight is 449 g/mol. The van der Waals surface area contributed by atoms with Gasteiger partial charge in [0.2, 0.25) is 0 Å². The third kappa shape index (κ3) is 4.06. The van der Waals surface area contributed by atoms with Crippen LogP contribution in [0.3, 0.4) is 0 Å². The Balaban J connectivity index is 1.63. The van der Waals surface area contributed by atoms with Crippen LogP contribution < -0.4 is 4.90 Å². The van der Waals surface area contributed by atoms with E-state index in [4.69, 9.17) is 4.74 Å².